The van der Waals surface area contributed by atoms with Gasteiger partial charge in [-0.3, -0.25) is 0 Å². The number of anilines is 2. The highest BCUT2D eigenvalue weighted by molar-refractivity contribution is 5.48. The van der Waals surface area contributed by atoms with Gasteiger partial charge in [0.15, 0.2) is 0 Å². The molecule has 19 heavy (non-hydrogen) atoms. The minimum absolute atomic E-state index is 0.130. The molecule has 0 unspecified atom stereocenters. The number of aromatic nitrogens is 2. The summed E-state index contributed by atoms with van der Waals surface area (Å²) in [5, 5.41) is 9.25. The first-order chi connectivity index (χ1) is 8.91. The quantitative estimate of drug-likeness (QED) is 0.866. The molecule has 1 fully saturated rings. The zero-order valence-corrected chi connectivity index (χ0v) is 12.1. The molecule has 1 aromatic rings. The summed E-state index contributed by atoms with van der Waals surface area (Å²) >= 11 is 0. The molecule has 0 amide bonds. The highest BCUT2D eigenvalue weighted by Crippen LogP contribution is 2.30. The van der Waals surface area contributed by atoms with Crippen LogP contribution in [-0.4, -0.2) is 34.3 Å². The van der Waals surface area contributed by atoms with Crippen LogP contribution in [0.15, 0.2) is 6.07 Å². The van der Waals surface area contributed by atoms with Crippen molar-refractivity contribution in [2.75, 3.05) is 23.8 Å². The van der Waals surface area contributed by atoms with E-state index in [1.165, 1.54) is 6.42 Å². The van der Waals surface area contributed by atoms with Crippen molar-refractivity contribution in [3.63, 3.8) is 0 Å². The van der Waals surface area contributed by atoms with Gasteiger partial charge in [0.2, 0.25) is 0 Å². The minimum Gasteiger partial charge on any atom is -0.395 e. The van der Waals surface area contributed by atoms with Gasteiger partial charge in [0.25, 0.3) is 0 Å². The third kappa shape index (κ3) is 3.15. The third-order valence-electron chi connectivity index (χ3n) is 3.55. The van der Waals surface area contributed by atoms with E-state index in [2.05, 4.69) is 35.6 Å². The van der Waals surface area contributed by atoms with E-state index in [4.69, 9.17) is 5.73 Å². The highest BCUT2D eigenvalue weighted by atomic mass is 16.3. The van der Waals surface area contributed by atoms with E-state index in [0.717, 1.165) is 24.5 Å². The molecule has 1 aromatic heterocycles. The lowest BCUT2D eigenvalue weighted by Gasteiger charge is -2.38. The van der Waals surface area contributed by atoms with Crippen molar-refractivity contribution < 1.29 is 5.11 Å². The number of aliphatic hydroxyl groups excluding tert-OH is 1. The Kier molecular flexibility index (Phi) is 3.94. The van der Waals surface area contributed by atoms with E-state index in [1.54, 1.807) is 0 Å². The fourth-order valence-corrected chi connectivity index (χ4v) is 2.23. The van der Waals surface area contributed by atoms with Crippen LogP contribution < -0.4 is 10.6 Å². The first-order valence-electron chi connectivity index (χ1n) is 6.94. The summed E-state index contributed by atoms with van der Waals surface area (Å²) in [6.45, 7) is 6.96. The summed E-state index contributed by atoms with van der Waals surface area (Å²) in [5.74, 6) is 2.10. The van der Waals surface area contributed by atoms with Crippen molar-refractivity contribution in [1.29, 1.82) is 0 Å². The predicted octanol–water partition coefficient (Wildman–Crippen LogP) is 1.71. The maximum atomic E-state index is 9.25. The maximum absolute atomic E-state index is 9.25. The van der Waals surface area contributed by atoms with Crippen LogP contribution in [0.5, 0.6) is 0 Å². The fraction of sp³-hybridized carbons (Fsp3) is 0.714. The van der Waals surface area contributed by atoms with E-state index < -0.39 is 0 Å². The van der Waals surface area contributed by atoms with E-state index in [-0.39, 0.29) is 12.0 Å². The lowest BCUT2D eigenvalue weighted by molar-refractivity contribution is 0.282. The first kappa shape index (κ1) is 14.1. The molecule has 3 N–H and O–H groups in total. The van der Waals surface area contributed by atoms with Crippen LogP contribution in [-0.2, 0) is 5.41 Å². The number of hydrogen-bond donors (Lipinski definition) is 2. The third-order valence-corrected chi connectivity index (χ3v) is 3.55. The zero-order chi connectivity index (χ0) is 14.0. The number of rotatable bonds is 4. The second-order valence-corrected chi connectivity index (χ2v) is 6.23. The molecule has 5 heteroatoms. The highest BCUT2D eigenvalue weighted by Gasteiger charge is 2.27. The topological polar surface area (TPSA) is 75.3 Å². The largest absolute Gasteiger partial charge is 0.395 e. The summed E-state index contributed by atoms with van der Waals surface area (Å²) in [6.07, 6.45) is 3.57. The van der Waals surface area contributed by atoms with Crippen LogP contribution in [0.2, 0.25) is 0 Å². The molecule has 0 aliphatic heterocycles. The van der Waals surface area contributed by atoms with E-state index in [9.17, 15) is 5.11 Å². The van der Waals surface area contributed by atoms with Gasteiger partial charge in [0, 0.05) is 24.1 Å². The molecule has 1 aliphatic rings. The van der Waals surface area contributed by atoms with Gasteiger partial charge in [-0.2, -0.15) is 0 Å². The van der Waals surface area contributed by atoms with Crippen molar-refractivity contribution in [1.82, 2.24) is 9.97 Å². The van der Waals surface area contributed by atoms with Gasteiger partial charge in [0.05, 0.1) is 6.61 Å². The Hall–Kier alpha value is -1.36. The second kappa shape index (κ2) is 5.33. The number of aliphatic hydroxyl groups is 1. The van der Waals surface area contributed by atoms with Crippen molar-refractivity contribution in [2.45, 2.75) is 51.5 Å². The number of nitrogens with zero attached hydrogens (tertiary/aromatic N) is 3. The van der Waals surface area contributed by atoms with Gasteiger partial charge in [0.1, 0.15) is 17.5 Å². The number of nitrogens with two attached hydrogens (primary N) is 1. The zero-order valence-electron chi connectivity index (χ0n) is 12.1. The predicted molar refractivity (Wildman–Crippen MR) is 77.2 cm³/mol. The monoisotopic (exact) mass is 264 g/mol. The minimum atomic E-state index is -0.130. The fourth-order valence-electron chi connectivity index (χ4n) is 2.23. The van der Waals surface area contributed by atoms with Gasteiger partial charge in [-0.15, -0.1) is 0 Å². The summed E-state index contributed by atoms with van der Waals surface area (Å²) in [7, 11) is 0. The second-order valence-electron chi connectivity index (χ2n) is 6.23. The van der Waals surface area contributed by atoms with Gasteiger partial charge < -0.3 is 15.7 Å². The normalized spacial score (nSPS) is 16.2. The molecule has 0 saturated heterocycles. The molecule has 0 spiro atoms. The van der Waals surface area contributed by atoms with Crippen LogP contribution in [0.1, 0.15) is 45.9 Å². The molecular weight excluding hydrogens is 240 g/mol. The van der Waals surface area contributed by atoms with Gasteiger partial charge in [-0.05, 0) is 19.3 Å². The Balaban J connectivity index is 2.33. The van der Waals surface area contributed by atoms with E-state index >= 15 is 0 Å². The number of nitrogen functional groups attached to an aromatic ring is 1. The molecular formula is C14H24N4O. The molecule has 0 radical (unpaired) electrons. The molecule has 2 rings (SSSR count). The van der Waals surface area contributed by atoms with Crippen LogP contribution >= 0.6 is 0 Å². The maximum Gasteiger partial charge on any atom is 0.138 e. The Labute approximate surface area is 114 Å². The van der Waals surface area contributed by atoms with E-state index in [0.29, 0.717) is 18.4 Å². The van der Waals surface area contributed by atoms with Crippen molar-refractivity contribution >= 4 is 11.6 Å². The van der Waals surface area contributed by atoms with Crippen molar-refractivity contribution in [3.8, 4) is 0 Å². The van der Waals surface area contributed by atoms with Gasteiger partial charge in [-0.25, -0.2) is 9.97 Å². The first-order valence-corrected chi connectivity index (χ1v) is 6.94. The molecule has 5 nitrogen and oxygen atoms in total. The SMILES string of the molecule is CC(C)(C)c1nc(N)cc(N(CCO)C2CCC2)n1. The van der Waals surface area contributed by atoms with Crippen LogP contribution in [0, 0.1) is 0 Å². The van der Waals surface area contributed by atoms with E-state index in [1.807, 2.05) is 6.07 Å². The van der Waals surface area contributed by atoms with Crippen LogP contribution in [0.3, 0.4) is 0 Å². The lowest BCUT2D eigenvalue weighted by atomic mass is 9.91. The van der Waals surface area contributed by atoms with Gasteiger partial charge in [-0.1, -0.05) is 20.8 Å². The van der Waals surface area contributed by atoms with Crippen molar-refractivity contribution in [2.24, 2.45) is 0 Å². The van der Waals surface area contributed by atoms with Crippen LogP contribution in [0.25, 0.3) is 0 Å². The summed E-state index contributed by atoms with van der Waals surface area (Å²) in [4.78, 5) is 11.1. The Morgan fingerprint density at radius 1 is 1.37 bits per heavy atom. The Morgan fingerprint density at radius 3 is 2.53 bits per heavy atom. The molecule has 1 heterocycles. The average molecular weight is 264 g/mol. The molecule has 0 atom stereocenters. The summed E-state index contributed by atoms with van der Waals surface area (Å²) in [5.41, 5.74) is 5.78. The summed E-state index contributed by atoms with van der Waals surface area (Å²) < 4.78 is 0. The lowest BCUT2D eigenvalue weighted by Crippen LogP contribution is -2.42. The molecule has 1 saturated carbocycles. The molecule has 106 valence electrons. The smallest absolute Gasteiger partial charge is 0.138 e. The molecule has 1 aliphatic carbocycles. The molecule has 0 aromatic carbocycles. The number of hydrogen-bond acceptors (Lipinski definition) is 5. The summed E-state index contributed by atoms with van der Waals surface area (Å²) in [6, 6.07) is 2.29. The van der Waals surface area contributed by atoms with Gasteiger partial charge >= 0.3 is 0 Å². The molecule has 0 bridgehead atoms. The standard InChI is InChI=1S/C14H24N4O/c1-14(2,3)13-16-11(15)9-12(17-13)18(7-8-19)10-5-4-6-10/h9-10,19H,4-8H2,1-3H3,(H2,15,16,17). The Bertz CT molecular complexity index is 438. The Morgan fingerprint density at radius 2 is 2.05 bits per heavy atom. The average Bonchev–Trinajstić information content (AvgIpc) is 2.24. The van der Waals surface area contributed by atoms with Crippen LogP contribution in [0.4, 0.5) is 11.6 Å². The van der Waals surface area contributed by atoms with Crippen molar-refractivity contribution in [3.05, 3.63) is 11.9 Å².